The number of imidazole rings is 1. The summed E-state index contributed by atoms with van der Waals surface area (Å²) < 4.78 is 0. The number of H-pyrrole nitrogens is 3. The van der Waals surface area contributed by atoms with Gasteiger partial charge in [-0.1, -0.05) is 19.1 Å². The molecule has 2 aromatic heterocycles. The van der Waals surface area contributed by atoms with Crippen molar-refractivity contribution in [2.45, 2.75) is 13.3 Å². The van der Waals surface area contributed by atoms with Gasteiger partial charge in [0.1, 0.15) is 5.82 Å². The summed E-state index contributed by atoms with van der Waals surface area (Å²) in [4.78, 5) is 33.7. The van der Waals surface area contributed by atoms with Gasteiger partial charge in [0.15, 0.2) is 5.82 Å². The lowest BCUT2D eigenvalue weighted by Crippen LogP contribution is -2.12. The number of carbonyl (C=O) groups excluding carboxylic acids is 1. The van der Waals surface area contributed by atoms with Gasteiger partial charge in [-0.15, -0.1) is 0 Å². The van der Waals surface area contributed by atoms with E-state index in [2.05, 4.69) is 30.5 Å². The van der Waals surface area contributed by atoms with Crippen molar-refractivity contribution in [3.8, 4) is 11.4 Å². The molecule has 8 heteroatoms. The number of aromatic amines is 3. The van der Waals surface area contributed by atoms with E-state index in [9.17, 15) is 9.59 Å². The van der Waals surface area contributed by atoms with Crippen LogP contribution in [0.15, 0.2) is 47.3 Å². The minimum absolute atomic E-state index is 0.285. The molecule has 4 N–H and O–H groups in total. The topological polar surface area (TPSA) is 119 Å². The zero-order valence-corrected chi connectivity index (χ0v) is 14.0. The van der Waals surface area contributed by atoms with Crippen molar-refractivity contribution < 1.29 is 4.79 Å². The molecule has 4 rings (SSSR count). The Labute approximate surface area is 147 Å². The number of hydrogen-bond donors (Lipinski definition) is 4. The molecule has 0 unspecified atom stereocenters. The maximum absolute atomic E-state index is 12.6. The molecule has 0 aliphatic carbocycles. The number of rotatable bonds is 4. The number of fused-ring (bicyclic) bond motifs is 1. The first-order chi connectivity index (χ1) is 12.6. The third kappa shape index (κ3) is 2.88. The normalized spacial score (nSPS) is 11.0. The SMILES string of the molecule is CCc1nc(-c2ccccc2NC(=O)c2ccc3[nH]c(=O)[nH]c3c2)n[nH]1. The van der Waals surface area contributed by atoms with Crippen molar-refractivity contribution in [1.82, 2.24) is 25.1 Å². The summed E-state index contributed by atoms with van der Waals surface area (Å²) in [7, 11) is 0. The molecule has 0 aliphatic rings. The quantitative estimate of drug-likeness (QED) is 0.453. The van der Waals surface area contributed by atoms with E-state index in [1.165, 1.54) is 0 Å². The van der Waals surface area contributed by atoms with Gasteiger partial charge in [-0.05, 0) is 30.3 Å². The molecular formula is C18H16N6O2. The minimum Gasteiger partial charge on any atom is -0.321 e. The molecule has 0 saturated carbocycles. The molecule has 0 radical (unpaired) electrons. The van der Waals surface area contributed by atoms with Crippen LogP contribution in [0.3, 0.4) is 0 Å². The van der Waals surface area contributed by atoms with Gasteiger partial charge < -0.3 is 15.3 Å². The van der Waals surface area contributed by atoms with E-state index >= 15 is 0 Å². The Balaban J connectivity index is 1.65. The van der Waals surface area contributed by atoms with Crippen molar-refractivity contribution >= 4 is 22.6 Å². The maximum Gasteiger partial charge on any atom is 0.323 e. The van der Waals surface area contributed by atoms with Gasteiger partial charge in [0.25, 0.3) is 5.91 Å². The van der Waals surface area contributed by atoms with E-state index in [1.807, 2.05) is 25.1 Å². The Bertz CT molecular complexity index is 1150. The summed E-state index contributed by atoms with van der Waals surface area (Å²) in [5.41, 5.74) is 2.71. The number of anilines is 1. The van der Waals surface area contributed by atoms with E-state index in [0.29, 0.717) is 28.1 Å². The highest BCUT2D eigenvalue weighted by Gasteiger charge is 2.14. The minimum atomic E-state index is -0.306. The molecule has 1 amide bonds. The summed E-state index contributed by atoms with van der Waals surface area (Å²) in [5, 5.41) is 9.98. The third-order valence-electron chi connectivity index (χ3n) is 4.06. The number of aryl methyl sites for hydroxylation is 1. The number of aromatic nitrogens is 5. The van der Waals surface area contributed by atoms with Gasteiger partial charge in [-0.3, -0.25) is 9.89 Å². The zero-order chi connectivity index (χ0) is 18.1. The number of para-hydroxylation sites is 1. The highest BCUT2D eigenvalue weighted by molar-refractivity contribution is 6.07. The first-order valence-electron chi connectivity index (χ1n) is 8.18. The van der Waals surface area contributed by atoms with E-state index < -0.39 is 0 Å². The second-order valence-electron chi connectivity index (χ2n) is 5.80. The first-order valence-corrected chi connectivity index (χ1v) is 8.18. The molecule has 0 saturated heterocycles. The average Bonchev–Trinajstić information content (AvgIpc) is 3.26. The summed E-state index contributed by atoms with van der Waals surface area (Å²) in [5.74, 6) is 1.03. The monoisotopic (exact) mass is 348 g/mol. The number of hydrogen-bond acceptors (Lipinski definition) is 4. The maximum atomic E-state index is 12.6. The predicted molar refractivity (Wildman–Crippen MR) is 98.1 cm³/mol. The summed E-state index contributed by atoms with van der Waals surface area (Å²) >= 11 is 0. The number of nitrogens with zero attached hydrogens (tertiary/aromatic N) is 2. The number of nitrogens with one attached hydrogen (secondary N) is 4. The Morgan fingerprint density at radius 1 is 1.12 bits per heavy atom. The van der Waals surface area contributed by atoms with Crippen LogP contribution in [0.5, 0.6) is 0 Å². The Morgan fingerprint density at radius 2 is 1.92 bits per heavy atom. The average molecular weight is 348 g/mol. The number of amides is 1. The predicted octanol–water partition coefficient (Wildman–Crippen LogP) is 2.46. The molecule has 0 spiro atoms. The van der Waals surface area contributed by atoms with Crippen LogP contribution in [0, 0.1) is 0 Å². The van der Waals surface area contributed by atoms with Crippen LogP contribution in [-0.4, -0.2) is 31.1 Å². The highest BCUT2D eigenvalue weighted by atomic mass is 16.2. The van der Waals surface area contributed by atoms with E-state index in [4.69, 9.17) is 0 Å². The van der Waals surface area contributed by atoms with Crippen molar-refractivity contribution in [3.63, 3.8) is 0 Å². The molecule has 0 atom stereocenters. The first kappa shape index (κ1) is 15.8. The second kappa shape index (κ2) is 6.32. The molecule has 26 heavy (non-hydrogen) atoms. The van der Waals surface area contributed by atoms with Gasteiger partial charge in [-0.25, -0.2) is 9.78 Å². The van der Waals surface area contributed by atoms with Crippen molar-refractivity contribution in [2.24, 2.45) is 0 Å². The lowest BCUT2D eigenvalue weighted by atomic mass is 10.1. The lowest BCUT2D eigenvalue weighted by molar-refractivity contribution is 0.102. The van der Waals surface area contributed by atoms with Crippen molar-refractivity contribution in [3.05, 3.63) is 64.3 Å². The van der Waals surface area contributed by atoms with Crippen LogP contribution >= 0.6 is 0 Å². The smallest absolute Gasteiger partial charge is 0.321 e. The van der Waals surface area contributed by atoms with Crippen LogP contribution in [0.2, 0.25) is 0 Å². The molecule has 0 fully saturated rings. The summed E-state index contributed by atoms with van der Waals surface area (Å²) in [6, 6.07) is 12.3. The third-order valence-corrected chi connectivity index (χ3v) is 4.06. The van der Waals surface area contributed by atoms with Gasteiger partial charge >= 0.3 is 5.69 Å². The van der Waals surface area contributed by atoms with Gasteiger partial charge in [0, 0.05) is 17.5 Å². The Kier molecular flexibility index (Phi) is 3.85. The highest BCUT2D eigenvalue weighted by Crippen LogP contribution is 2.25. The molecule has 4 aromatic rings. The van der Waals surface area contributed by atoms with E-state index in [-0.39, 0.29) is 11.6 Å². The largest absolute Gasteiger partial charge is 0.323 e. The standard InChI is InChI=1S/C18H16N6O2/c1-2-15-22-16(24-23-15)11-5-3-4-6-12(11)19-17(25)10-7-8-13-14(9-10)21-18(26)20-13/h3-9H,2H2,1H3,(H,19,25)(H2,20,21,26)(H,22,23,24). The molecule has 8 nitrogen and oxygen atoms in total. The van der Waals surface area contributed by atoms with Crippen LogP contribution in [0.25, 0.3) is 22.4 Å². The Morgan fingerprint density at radius 3 is 2.73 bits per heavy atom. The van der Waals surface area contributed by atoms with Gasteiger partial charge in [0.2, 0.25) is 0 Å². The fraction of sp³-hybridized carbons (Fsp3) is 0.111. The molecule has 2 heterocycles. The fourth-order valence-corrected chi connectivity index (χ4v) is 2.73. The van der Waals surface area contributed by atoms with Crippen LogP contribution < -0.4 is 11.0 Å². The second-order valence-corrected chi connectivity index (χ2v) is 5.80. The number of benzene rings is 2. The van der Waals surface area contributed by atoms with Gasteiger partial charge in [0.05, 0.1) is 16.7 Å². The fourth-order valence-electron chi connectivity index (χ4n) is 2.73. The van der Waals surface area contributed by atoms with Gasteiger partial charge in [-0.2, -0.15) is 5.10 Å². The molecule has 130 valence electrons. The lowest BCUT2D eigenvalue weighted by Gasteiger charge is -2.09. The Hall–Kier alpha value is -3.68. The van der Waals surface area contributed by atoms with Crippen molar-refractivity contribution in [2.75, 3.05) is 5.32 Å². The van der Waals surface area contributed by atoms with E-state index in [1.54, 1.807) is 24.3 Å². The summed E-state index contributed by atoms with van der Waals surface area (Å²) in [6.45, 7) is 1.99. The molecular weight excluding hydrogens is 332 g/mol. The van der Waals surface area contributed by atoms with Crippen LogP contribution in [0.1, 0.15) is 23.1 Å². The molecule has 0 aliphatic heterocycles. The summed E-state index contributed by atoms with van der Waals surface area (Å²) in [6.07, 6.45) is 0.746. The number of carbonyl (C=O) groups is 1. The molecule has 2 aromatic carbocycles. The zero-order valence-electron chi connectivity index (χ0n) is 14.0. The van der Waals surface area contributed by atoms with Crippen molar-refractivity contribution in [1.29, 1.82) is 0 Å². The van der Waals surface area contributed by atoms with Crippen LogP contribution in [-0.2, 0) is 6.42 Å². The van der Waals surface area contributed by atoms with E-state index in [0.717, 1.165) is 17.8 Å². The van der Waals surface area contributed by atoms with Crippen LogP contribution in [0.4, 0.5) is 5.69 Å². The molecule has 0 bridgehead atoms.